The molecule has 0 saturated heterocycles. The molecule has 4 heteroatoms. The summed E-state index contributed by atoms with van der Waals surface area (Å²) in [6.45, 7) is 18.9. The second-order valence-electron chi connectivity index (χ2n) is 16.9. The molecule has 4 nitrogen and oxygen atoms in total. The molecule has 10 atom stereocenters. The number of carbonyl (C=O) groups is 2. The van der Waals surface area contributed by atoms with Crippen molar-refractivity contribution in [1.29, 1.82) is 0 Å². The number of phenols is 1. The number of carboxylic acids is 1. The Morgan fingerprint density at radius 1 is 0.837 bits per heavy atom. The molecule has 5 aliphatic carbocycles. The Balaban J connectivity index is 1.28. The molecule has 6 rings (SSSR count). The number of phenolic OH excluding ortho intramolecular Hbond substituents is 1. The molecule has 5 saturated carbocycles. The van der Waals surface area contributed by atoms with E-state index < -0.39 is 11.4 Å². The van der Waals surface area contributed by atoms with Gasteiger partial charge in [0, 0.05) is 5.92 Å². The normalized spacial score (nSPS) is 45.0. The Morgan fingerprint density at radius 2 is 1.53 bits per heavy atom. The molecule has 1 aromatic rings. The summed E-state index contributed by atoms with van der Waals surface area (Å²) in [5, 5.41) is 20.2. The molecule has 0 aliphatic heterocycles. The molecule has 0 bridgehead atoms. The third-order valence-electron chi connectivity index (χ3n) is 15.2. The number of fused-ring (bicyclic) bond motifs is 7. The summed E-state index contributed by atoms with van der Waals surface area (Å²) >= 11 is 0. The minimum atomic E-state index is -0.577. The fourth-order valence-electron chi connectivity index (χ4n) is 12.9. The summed E-state index contributed by atoms with van der Waals surface area (Å²) in [5.74, 6) is 1.94. The molecule has 0 spiro atoms. The Morgan fingerprint density at radius 3 is 2.19 bits per heavy atom. The highest BCUT2D eigenvalue weighted by Crippen LogP contribution is 2.77. The highest BCUT2D eigenvalue weighted by molar-refractivity contribution is 5.96. The van der Waals surface area contributed by atoms with E-state index in [1.54, 1.807) is 18.2 Å². The topological polar surface area (TPSA) is 74.6 Å². The van der Waals surface area contributed by atoms with Gasteiger partial charge in [-0.2, -0.15) is 0 Å². The van der Waals surface area contributed by atoms with Crippen molar-refractivity contribution in [2.24, 2.45) is 62.6 Å². The number of hydrogen-bond donors (Lipinski definition) is 2. The van der Waals surface area contributed by atoms with Gasteiger partial charge in [-0.15, -0.1) is 0 Å². The molecule has 2 N–H and O–H groups in total. The van der Waals surface area contributed by atoms with Gasteiger partial charge in [0.25, 0.3) is 0 Å². The smallest absolute Gasteiger partial charge is 0.309 e. The summed E-state index contributed by atoms with van der Waals surface area (Å²) in [7, 11) is 0. The molecule has 5 fully saturated rings. The van der Waals surface area contributed by atoms with E-state index in [-0.39, 0.29) is 45.0 Å². The third-order valence-corrected chi connectivity index (χ3v) is 15.2. The van der Waals surface area contributed by atoms with E-state index >= 15 is 0 Å². The van der Waals surface area contributed by atoms with Crippen LogP contribution in [0.15, 0.2) is 42.5 Å². The standard InChI is InChI=1S/C39H54O4/c1-24(2)27-16-21-39(34(42)43)23-22-37(6)29(33(27)39)13-15-32-36(5)19-17-28(35(3,4)31(36)18-20-38(32,37)7)30(41)14-10-25-8-11-26(40)12-9-25/h8-12,14,27-29,31-33,40H,1,13,15-23H2,2-7H3,(H,42,43)/b14-10+/t27-,28?,29+,31-,32+,33+,36-,37+,38+,39-/m0/s1. The first-order valence-electron chi connectivity index (χ1n) is 17.0. The maximum Gasteiger partial charge on any atom is 0.309 e. The average molecular weight is 587 g/mol. The summed E-state index contributed by atoms with van der Waals surface area (Å²) < 4.78 is 0. The highest BCUT2D eigenvalue weighted by atomic mass is 16.4. The number of carbonyl (C=O) groups excluding carboxylic acids is 1. The molecule has 1 unspecified atom stereocenters. The van der Waals surface area contributed by atoms with Crippen LogP contribution in [-0.2, 0) is 9.59 Å². The van der Waals surface area contributed by atoms with E-state index in [4.69, 9.17) is 0 Å². The van der Waals surface area contributed by atoms with Gasteiger partial charge in [0.2, 0.25) is 0 Å². The largest absolute Gasteiger partial charge is 0.508 e. The van der Waals surface area contributed by atoms with Gasteiger partial charge in [0.15, 0.2) is 5.78 Å². The molecule has 5 aliphatic rings. The molecule has 1 aromatic carbocycles. The monoisotopic (exact) mass is 586 g/mol. The summed E-state index contributed by atoms with van der Waals surface area (Å²) in [4.78, 5) is 26.6. The molecule has 0 amide bonds. The van der Waals surface area contributed by atoms with Crippen molar-refractivity contribution in [1.82, 2.24) is 0 Å². The van der Waals surface area contributed by atoms with Crippen LogP contribution in [-0.4, -0.2) is 22.0 Å². The number of carboxylic acid groups (broad SMARTS) is 1. The van der Waals surface area contributed by atoms with Crippen molar-refractivity contribution in [3.63, 3.8) is 0 Å². The van der Waals surface area contributed by atoms with Crippen LogP contribution in [0.3, 0.4) is 0 Å². The van der Waals surface area contributed by atoms with Crippen LogP contribution in [0.4, 0.5) is 0 Å². The Labute approximate surface area is 259 Å². The molecule has 0 aromatic heterocycles. The van der Waals surface area contributed by atoms with Gasteiger partial charge in [-0.05, 0) is 146 Å². The molecule has 43 heavy (non-hydrogen) atoms. The zero-order valence-corrected chi connectivity index (χ0v) is 27.4. The first kappa shape index (κ1) is 30.7. The van der Waals surface area contributed by atoms with Crippen LogP contribution in [0.5, 0.6) is 5.75 Å². The van der Waals surface area contributed by atoms with Crippen molar-refractivity contribution in [2.75, 3.05) is 0 Å². The van der Waals surface area contributed by atoms with Crippen LogP contribution in [0.25, 0.3) is 6.08 Å². The summed E-state index contributed by atoms with van der Waals surface area (Å²) in [5.41, 5.74) is 1.90. The predicted molar refractivity (Wildman–Crippen MR) is 172 cm³/mol. The quantitative estimate of drug-likeness (QED) is 0.266. The minimum absolute atomic E-state index is 0.0101. The van der Waals surface area contributed by atoms with Gasteiger partial charge in [-0.1, -0.05) is 65.0 Å². The van der Waals surface area contributed by atoms with Gasteiger partial charge >= 0.3 is 5.97 Å². The number of benzene rings is 1. The van der Waals surface area contributed by atoms with Crippen molar-refractivity contribution in [2.45, 2.75) is 106 Å². The number of allylic oxidation sites excluding steroid dienone is 2. The van der Waals surface area contributed by atoms with Gasteiger partial charge in [0.05, 0.1) is 5.41 Å². The van der Waals surface area contributed by atoms with Crippen molar-refractivity contribution < 1.29 is 19.8 Å². The number of aromatic hydroxyl groups is 1. The van der Waals surface area contributed by atoms with Crippen LogP contribution < -0.4 is 0 Å². The lowest BCUT2D eigenvalue weighted by atomic mass is 9.32. The van der Waals surface area contributed by atoms with Gasteiger partial charge in [0.1, 0.15) is 5.75 Å². The molecule has 0 radical (unpaired) electrons. The lowest BCUT2D eigenvalue weighted by Crippen LogP contribution is -2.66. The van der Waals surface area contributed by atoms with Gasteiger partial charge in [-0.3, -0.25) is 9.59 Å². The molecule has 234 valence electrons. The SMILES string of the molecule is C=C(C)[C@@H]1CC[C@]2(C(=O)O)CC[C@]3(C)[C@H](CC[C@@H]4[C@@]5(C)CCC(C(=O)/C=C/c6ccc(O)cc6)C(C)(C)[C@@H]5CC[C@]43C)[C@@H]12. The molecule has 0 heterocycles. The Hall–Kier alpha value is -2.36. The first-order valence-corrected chi connectivity index (χ1v) is 17.0. The van der Waals surface area contributed by atoms with E-state index in [0.29, 0.717) is 23.7 Å². The van der Waals surface area contributed by atoms with Crippen molar-refractivity contribution in [3.8, 4) is 5.75 Å². The highest BCUT2D eigenvalue weighted by Gasteiger charge is 2.72. The molecular formula is C39H54O4. The number of ketones is 1. The minimum Gasteiger partial charge on any atom is -0.508 e. The maximum absolute atomic E-state index is 13.7. The zero-order chi connectivity index (χ0) is 31.2. The Kier molecular flexibility index (Phi) is 7.18. The zero-order valence-electron chi connectivity index (χ0n) is 27.4. The van der Waals surface area contributed by atoms with Crippen LogP contribution in [0.1, 0.15) is 111 Å². The summed E-state index contributed by atoms with van der Waals surface area (Å²) in [6.07, 6.45) is 13.9. The second kappa shape index (κ2) is 10.1. The van der Waals surface area contributed by atoms with E-state index in [0.717, 1.165) is 56.9 Å². The molecular weight excluding hydrogens is 532 g/mol. The van der Waals surface area contributed by atoms with E-state index in [1.807, 2.05) is 18.2 Å². The summed E-state index contributed by atoms with van der Waals surface area (Å²) in [6, 6.07) is 7.01. The number of rotatable bonds is 5. The van der Waals surface area contributed by atoms with Crippen LogP contribution in [0.2, 0.25) is 0 Å². The Bertz CT molecular complexity index is 1340. The predicted octanol–water partition coefficient (Wildman–Crippen LogP) is 9.33. The van der Waals surface area contributed by atoms with Crippen molar-refractivity contribution >= 4 is 17.8 Å². The van der Waals surface area contributed by atoms with E-state index in [9.17, 15) is 19.8 Å². The average Bonchev–Trinajstić information content (AvgIpc) is 3.34. The lowest BCUT2D eigenvalue weighted by molar-refractivity contribution is -0.242. The third kappa shape index (κ3) is 4.20. The fraction of sp³-hybridized carbons (Fsp3) is 0.692. The van der Waals surface area contributed by atoms with Crippen LogP contribution >= 0.6 is 0 Å². The van der Waals surface area contributed by atoms with Gasteiger partial charge < -0.3 is 10.2 Å². The van der Waals surface area contributed by atoms with Crippen molar-refractivity contribution in [3.05, 3.63) is 48.1 Å². The van der Waals surface area contributed by atoms with E-state index in [1.165, 1.54) is 18.4 Å². The van der Waals surface area contributed by atoms with Crippen LogP contribution in [0, 0.1) is 62.6 Å². The fourth-order valence-corrected chi connectivity index (χ4v) is 12.9. The first-order chi connectivity index (χ1) is 20.1. The number of hydrogen-bond acceptors (Lipinski definition) is 3. The maximum atomic E-state index is 13.7. The van der Waals surface area contributed by atoms with E-state index in [2.05, 4.69) is 48.1 Å². The second-order valence-corrected chi connectivity index (χ2v) is 16.9. The lowest BCUT2D eigenvalue weighted by Gasteiger charge is -2.72. The number of aliphatic carboxylic acids is 1. The van der Waals surface area contributed by atoms with Gasteiger partial charge in [-0.25, -0.2) is 0 Å².